The van der Waals surface area contributed by atoms with Crippen LogP contribution in [0, 0.1) is 13.8 Å². The number of urea groups is 1. The Morgan fingerprint density at radius 2 is 1.82 bits per heavy atom. The second-order valence-corrected chi connectivity index (χ2v) is 9.66. The summed E-state index contributed by atoms with van der Waals surface area (Å²) in [6.07, 6.45) is 2.60. The second-order valence-electron chi connectivity index (χ2n) is 9.66. The molecule has 2 aliphatic rings. The number of nitrogens with one attached hydrogen (secondary N) is 1. The maximum atomic E-state index is 13.3. The number of nitrogens with zero attached hydrogens (tertiary/aromatic N) is 2. The first-order chi connectivity index (χ1) is 15.5. The van der Waals surface area contributed by atoms with Crippen LogP contribution in [0.1, 0.15) is 62.3 Å². The topological polar surface area (TPSA) is 69.7 Å². The highest BCUT2D eigenvalue weighted by atomic mass is 16.2. The van der Waals surface area contributed by atoms with Crippen molar-refractivity contribution in [2.75, 3.05) is 16.3 Å². The SMILES string of the molecule is CCN1c2ccc(/C=C3\C(=O)NC(=O)N(c4cccc(C)c4C)C3=O)cc2C(C)CC1(C)C. The van der Waals surface area contributed by atoms with Gasteiger partial charge in [0.2, 0.25) is 0 Å². The third-order valence-electron chi connectivity index (χ3n) is 6.96. The predicted molar refractivity (Wildman–Crippen MR) is 131 cm³/mol. The molecule has 0 spiro atoms. The van der Waals surface area contributed by atoms with Crippen LogP contribution in [0.2, 0.25) is 0 Å². The molecule has 2 heterocycles. The molecule has 0 bridgehead atoms. The van der Waals surface area contributed by atoms with E-state index < -0.39 is 17.8 Å². The summed E-state index contributed by atoms with van der Waals surface area (Å²) in [5, 5.41) is 2.32. The van der Waals surface area contributed by atoms with Crippen molar-refractivity contribution in [3.63, 3.8) is 0 Å². The monoisotopic (exact) mass is 445 g/mol. The number of amides is 4. The van der Waals surface area contributed by atoms with Crippen molar-refractivity contribution in [1.82, 2.24) is 5.32 Å². The summed E-state index contributed by atoms with van der Waals surface area (Å²) < 4.78 is 0. The van der Waals surface area contributed by atoms with Gasteiger partial charge in [0, 0.05) is 17.8 Å². The number of barbiturate groups is 1. The highest BCUT2D eigenvalue weighted by Gasteiger charge is 2.38. The lowest BCUT2D eigenvalue weighted by molar-refractivity contribution is -0.122. The molecular weight excluding hydrogens is 414 g/mol. The molecule has 1 fully saturated rings. The number of fused-ring (bicyclic) bond motifs is 1. The Labute approximate surface area is 195 Å². The van der Waals surface area contributed by atoms with Crippen LogP contribution in [0.15, 0.2) is 42.0 Å². The molecule has 4 amide bonds. The third kappa shape index (κ3) is 3.84. The maximum Gasteiger partial charge on any atom is 0.335 e. The van der Waals surface area contributed by atoms with Crippen molar-refractivity contribution < 1.29 is 14.4 Å². The quantitative estimate of drug-likeness (QED) is 0.528. The van der Waals surface area contributed by atoms with E-state index in [2.05, 4.69) is 50.0 Å². The van der Waals surface area contributed by atoms with Gasteiger partial charge < -0.3 is 4.90 Å². The molecule has 4 rings (SSSR count). The van der Waals surface area contributed by atoms with E-state index >= 15 is 0 Å². The van der Waals surface area contributed by atoms with Crippen LogP contribution in [0.25, 0.3) is 6.08 Å². The first-order valence-corrected chi connectivity index (χ1v) is 11.4. The Morgan fingerprint density at radius 1 is 1.09 bits per heavy atom. The lowest BCUT2D eigenvalue weighted by Gasteiger charge is -2.47. The largest absolute Gasteiger partial charge is 0.366 e. The minimum absolute atomic E-state index is 0.0494. The average Bonchev–Trinajstić information content (AvgIpc) is 2.74. The van der Waals surface area contributed by atoms with Crippen molar-refractivity contribution in [1.29, 1.82) is 0 Å². The first-order valence-electron chi connectivity index (χ1n) is 11.4. The van der Waals surface area contributed by atoms with E-state index in [1.807, 2.05) is 26.0 Å². The molecule has 0 aromatic heterocycles. The van der Waals surface area contributed by atoms with Gasteiger partial charge in [-0.1, -0.05) is 25.1 Å². The number of carbonyl (C=O) groups excluding carboxylic acids is 3. The van der Waals surface area contributed by atoms with E-state index in [9.17, 15) is 14.4 Å². The van der Waals surface area contributed by atoms with Gasteiger partial charge in [0.15, 0.2) is 0 Å². The summed E-state index contributed by atoms with van der Waals surface area (Å²) in [4.78, 5) is 42.0. The van der Waals surface area contributed by atoms with Gasteiger partial charge in [-0.25, -0.2) is 9.69 Å². The molecule has 2 aliphatic heterocycles. The molecular formula is C27H31N3O3. The van der Waals surface area contributed by atoms with Crippen LogP contribution in [-0.4, -0.2) is 29.9 Å². The van der Waals surface area contributed by atoms with E-state index in [0.717, 1.165) is 34.6 Å². The number of hydrogen-bond donors (Lipinski definition) is 1. The molecule has 0 radical (unpaired) electrons. The minimum atomic E-state index is -0.726. The molecule has 0 aliphatic carbocycles. The van der Waals surface area contributed by atoms with Gasteiger partial charge >= 0.3 is 6.03 Å². The van der Waals surface area contributed by atoms with Crippen molar-refractivity contribution >= 4 is 35.3 Å². The Kier molecular flexibility index (Phi) is 5.64. The highest BCUT2D eigenvalue weighted by molar-refractivity contribution is 6.39. The molecule has 2 aromatic carbocycles. The van der Waals surface area contributed by atoms with Gasteiger partial charge in [0.05, 0.1) is 5.69 Å². The lowest BCUT2D eigenvalue weighted by atomic mass is 9.79. The van der Waals surface area contributed by atoms with Crippen LogP contribution in [0.5, 0.6) is 0 Å². The van der Waals surface area contributed by atoms with E-state index in [1.54, 1.807) is 18.2 Å². The van der Waals surface area contributed by atoms with E-state index in [0.29, 0.717) is 11.6 Å². The van der Waals surface area contributed by atoms with Gasteiger partial charge in [0.1, 0.15) is 5.57 Å². The van der Waals surface area contributed by atoms with Gasteiger partial charge in [-0.3, -0.25) is 14.9 Å². The number of imide groups is 2. The number of anilines is 2. The highest BCUT2D eigenvalue weighted by Crippen LogP contribution is 2.43. The first kappa shape index (κ1) is 22.8. The fourth-order valence-corrected chi connectivity index (χ4v) is 5.22. The Hall–Kier alpha value is -3.41. The molecule has 1 atom stereocenters. The molecule has 2 aromatic rings. The smallest absolute Gasteiger partial charge is 0.335 e. The van der Waals surface area contributed by atoms with E-state index in [-0.39, 0.29) is 11.1 Å². The Balaban J connectivity index is 1.75. The number of carbonyl (C=O) groups is 3. The van der Waals surface area contributed by atoms with E-state index in [1.165, 1.54) is 11.3 Å². The Morgan fingerprint density at radius 3 is 2.52 bits per heavy atom. The van der Waals surface area contributed by atoms with Crippen molar-refractivity contribution in [2.45, 2.75) is 59.4 Å². The number of benzene rings is 2. The normalized spacial score (nSPS) is 21.3. The van der Waals surface area contributed by atoms with Gasteiger partial charge in [-0.2, -0.15) is 0 Å². The summed E-state index contributed by atoms with van der Waals surface area (Å²) in [6, 6.07) is 10.8. The van der Waals surface area contributed by atoms with Crippen LogP contribution >= 0.6 is 0 Å². The predicted octanol–water partition coefficient (Wildman–Crippen LogP) is 5.08. The van der Waals surface area contributed by atoms with Crippen molar-refractivity contribution in [3.8, 4) is 0 Å². The van der Waals surface area contributed by atoms with Crippen LogP contribution < -0.4 is 15.1 Å². The van der Waals surface area contributed by atoms with Crippen molar-refractivity contribution in [2.24, 2.45) is 0 Å². The molecule has 1 N–H and O–H groups in total. The number of rotatable bonds is 3. The third-order valence-corrected chi connectivity index (χ3v) is 6.96. The fraction of sp³-hybridized carbons (Fsp3) is 0.370. The molecule has 33 heavy (non-hydrogen) atoms. The molecule has 1 unspecified atom stereocenters. The number of aryl methyl sites for hydroxylation is 1. The zero-order valence-electron chi connectivity index (χ0n) is 20.2. The summed E-state index contributed by atoms with van der Waals surface area (Å²) in [7, 11) is 0. The van der Waals surface area contributed by atoms with Crippen LogP contribution in [0.3, 0.4) is 0 Å². The second kappa shape index (κ2) is 8.18. The van der Waals surface area contributed by atoms with Gasteiger partial charge in [0.25, 0.3) is 11.8 Å². The van der Waals surface area contributed by atoms with Crippen LogP contribution in [0.4, 0.5) is 16.2 Å². The average molecular weight is 446 g/mol. The molecule has 6 nitrogen and oxygen atoms in total. The summed E-state index contributed by atoms with van der Waals surface area (Å²) >= 11 is 0. The summed E-state index contributed by atoms with van der Waals surface area (Å²) in [6.45, 7) is 13.6. The Bertz CT molecular complexity index is 1200. The van der Waals surface area contributed by atoms with Crippen LogP contribution in [-0.2, 0) is 9.59 Å². The molecule has 6 heteroatoms. The van der Waals surface area contributed by atoms with Gasteiger partial charge in [-0.05, 0) is 93.5 Å². The molecule has 1 saturated heterocycles. The molecule has 172 valence electrons. The molecule has 0 saturated carbocycles. The summed E-state index contributed by atoms with van der Waals surface area (Å²) in [5.41, 5.74) is 5.44. The summed E-state index contributed by atoms with van der Waals surface area (Å²) in [5.74, 6) is -0.937. The maximum absolute atomic E-state index is 13.3. The standard InChI is InChI=1S/C27H31N3O3/c1-7-29-23-12-11-19(13-20(23)17(3)15-27(29,5)6)14-21-24(31)28-26(33)30(25(21)32)22-10-8-9-16(2)18(22)4/h8-14,17H,7,15H2,1-6H3,(H,28,31,33)/b21-14+. The van der Waals surface area contributed by atoms with Crippen molar-refractivity contribution in [3.05, 3.63) is 64.2 Å². The zero-order valence-corrected chi connectivity index (χ0v) is 20.2. The minimum Gasteiger partial charge on any atom is -0.366 e. The van der Waals surface area contributed by atoms with Gasteiger partial charge in [-0.15, -0.1) is 0 Å². The zero-order chi connectivity index (χ0) is 24.1. The lowest BCUT2D eigenvalue weighted by Crippen LogP contribution is -2.54. The fourth-order valence-electron chi connectivity index (χ4n) is 5.22. The number of hydrogen-bond acceptors (Lipinski definition) is 4. The van der Waals surface area contributed by atoms with E-state index in [4.69, 9.17) is 0 Å².